The number of allylic oxidation sites excluding steroid dienone is 1. The second kappa shape index (κ2) is 3.62. The van der Waals surface area contributed by atoms with Gasteiger partial charge in [0.05, 0.1) is 5.56 Å². The molecule has 2 nitrogen and oxygen atoms in total. The number of rotatable bonds is 1. The molecule has 1 N–H and O–H groups in total. The first kappa shape index (κ1) is 9.81. The van der Waals surface area contributed by atoms with E-state index in [1.807, 2.05) is 18.2 Å². The summed E-state index contributed by atoms with van der Waals surface area (Å²) in [4.78, 5) is 10.6. The van der Waals surface area contributed by atoms with Crippen LogP contribution in [0.4, 0.5) is 0 Å². The molecule has 0 heterocycles. The highest BCUT2D eigenvalue weighted by Gasteiger charge is 2.08. The summed E-state index contributed by atoms with van der Waals surface area (Å²) in [5.41, 5.74) is 2.61. The fraction of sp³-hybridized carbons (Fsp3) is 0.100. The highest BCUT2D eigenvalue weighted by atomic mass is 35.5. The number of aromatic carboxylic acids is 1. The number of benzene rings is 1. The topological polar surface area (TPSA) is 37.3 Å². The van der Waals surface area contributed by atoms with Gasteiger partial charge in [0.2, 0.25) is 0 Å². The lowest BCUT2D eigenvalue weighted by atomic mass is 10.1. The lowest BCUT2D eigenvalue weighted by molar-refractivity contribution is 0.0697. The van der Waals surface area contributed by atoms with E-state index in [-0.39, 0.29) is 12.4 Å². The SMILES string of the molecule is Cl.O=C(O)c1ccc2c(c1)C=CC2. The van der Waals surface area contributed by atoms with Gasteiger partial charge in [-0.25, -0.2) is 4.79 Å². The van der Waals surface area contributed by atoms with Crippen LogP contribution in [0.15, 0.2) is 24.3 Å². The van der Waals surface area contributed by atoms with Crippen molar-refractivity contribution in [3.05, 3.63) is 41.0 Å². The lowest BCUT2D eigenvalue weighted by Crippen LogP contribution is -1.96. The van der Waals surface area contributed by atoms with E-state index in [0.717, 1.165) is 12.0 Å². The molecule has 0 fully saturated rings. The third kappa shape index (κ3) is 1.73. The van der Waals surface area contributed by atoms with Crippen molar-refractivity contribution in [1.82, 2.24) is 0 Å². The third-order valence-corrected chi connectivity index (χ3v) is 2.03. The van der Waals surface area contributed by atoms with Crippen LogP contribution in [0.3, 0.4) is 0 Å². The van der Waals surface area contributed by atoms with Crippen molar-refractivity contribution < 1.29 is 9.90 Å². The van der Waals surface area contributed by atoms with Gasteiger partial charge in [-0.05, 0) is 29.7 Å². The van der Waals surface area contributed by atoms with Gasteiger partial charge in [0, 0.05) is 0 Å². The fourth-order valence-corrected chi connectivity index (χ4v) is 1.38. The number of carboxylic acids is 1. The van der Waals surface area contributed by atoms with Crippen LogP contribution in [0.25, 0.3) is 6.08 Å². The van der Waals surface area contributed by atoms with Crippen LogP contribution in [-0.2, 0) is 6.42 Å². The highest BCUT2D eigenvalue weighted by Crippen LogP contribution is 2.20. The zero-order valence-electron chi connectivity index (χ0n) is 6.86. The van der Waals surface area contributed by atoms with Gasteiger partial charge in [0.15, 0.2) is 0 Å². The van der Waals surface area contributed by atoms with Gasteiger partial charge < -0.3 is 5.11 Å². The molecule has 0 spiro atoms. The molecule has 0 radical (unpaired) electrons. The van der Waals surface area contributed by atoms with E-state index in [1.165, 1.54) is 5.56 Å². The Labute approximate surface area is 82.3 Å². The summed E-state index contributed by atoms with van der Waals surface area (Å²) in [6.07, 6.45) is 4.92. The standard InChI is InChI=1S/C10H8O2.ClH/c11-10(12)9-5-4-7-2-1-3-8(7)6-9;/h1,3-6H,2H2,(H,11,12);1H. The second-order valence-electron chi connectivity index (χ2n) is 2.83. The van der Waals surface area contributed by atoms with Crippen molar-refractivity contribution in [3.8, 4) is 0 Å². The Morgan fingerprint density at radius 2 is 2.15 bits per heavy atom. The zero-order valence-corrected chi connectivity index (χ0v) is 7.67. The molecule has 0 unspecified atom stereocenters. The van der Waals surface area contributed by atoms with Crippen molar-refractivity contribution >= 4 is 24.5 Å². The number of hydrogen-bond acceptors (Lipinski definition) is 1. The third-order valence-electron chi connectivity index (χ3n) is 2.03. The summed E-state index contributed by atoms with van der Waals surface area (Å²) in [6.45, 7) is 0. The Hall–Kier alpha value is -1.28. The molecule has 3 heteroatoms. The van der Waals surface area contributed by atoms with Crippen molar-refractivity contribution in [1.29, 1.82) is 0 Å². The predicted octanol–water partition coefficient (Wildman–Crippen LogP) is 2.38. The molecule has 1 aliphatic rings. The minimum atomic E-state index is -0.863. The number of halogens is 1. The largest absolute Gasteiger partial charge is 0.478 e. The van der Waals surface area contributed by atoms with Crippen molar-refractivity contribution in [2.24, 2.45) is 0 Å². The monoisotopic (exact) mass is 196 g/mol. The molecule has 2 rings (SSSR count). The van der Waals surface area contributed by atoms with Gasteiger partial charge in [-0.2, -0.15) is 0 Å². The van der Waals surface area contributed by atoms with Crippen LogP contribution >= 0.6 is 12.4 Å². The zero-order chi connectivity index (χ0) is 8.55. The van der Waals surface area contributed by atoms with Crippen molar-refractivity contribution in [2.45, 2.75) is 6.42 Å². The fourth-order valence-electron chi connectivity index (χ4n) is 1.38. The van der Waals surface area contributed by atoms with E-state index in [0.29, 0.717) is 5.56 Å². The Morgan fingerprint density at radius 3 is 2.85 bits per heavy atom. The molecular weight excluding hydrogens is 188 g/mol. The molecule has 0 bridgehead atoms. The molecule has 0 saturated heterocycles. The summed E-state index contributed by atoms with van der Waals surface area (Å²) in [6, 6.07) is 5.23. The summed E-state index contributed by atoms with van der Waals surface area (Å²) >= 11 is 0. The van der Waals surface area contributed by atoms with Crippen molar-refractivity contribution in [3.63, 3.8) is 0 Å². The summed E-state index contributed by atoms with van der Waals surface area (Å²) < 4.78 is 0. The Balaban J connectivity index is 0.000000845. The summed E-state index contributed by atoms with van der Waals surface area (Å²) in [5.74, 6) is -0.863. The van der Waals surface area contributed by atoms with Gasteiger partial charge in [-0.15, -0.1) is 12.4 Å². The average molecular weight is 197 g/mol. The van der Waals surface area contributed by atoms with Gasteiger partial charge in [0.25, 0.3) is 0 Å². The van der Waals surface area contributed by atoms with Crippen LogP contribution in [0.2, 0.25) is 0 Å². The van der Waals surface area contributed by atoms with Crippen LogP contribution in [0.1, 0.15) is 21.5 Å². The quantitative estimate of drug-likeness (QED) is 0.749. The minimum Gasteiger partial charge on any atom is -0.478 e. The Morgan fingerprint density at radius 1 is 1.38 bits per heavy atom. The Kier molecular flexibility index (Phi) is 2.73. The maximum absolute atomic E-state index is 10.6. The molecule has 1 aromatic rings. The van der Waals surface area contributed by atoms with Gasteiger partial charge in [0.1, 0.15) is 0 Å². The van der Waals surface area contributed by atoms with E-state index in [1.54, 1.807) is 12.1 Å². The number of hydrogen-bond donors (Lipinski definition) is 1. The molecule has 1 aromatic carbocycles. The van der Waals surface area contributed by atoms with E-state index in [4.69, 9.17) is 5.11 Å². The maximum Gasteiger partial charge on any atom is 0.335 e. The molecule has 68 valence electrons. The van der Waals surface area contributed by atoms with E-state index >= 15 is 0 Å². The molecule has 0 saturated carbocycles. The van der Waals surface area contributed by atoms with E-state index < -0.39 is 5.97 Å². The van der Waals surface area contributed by atoms with Crippen LogP contribution in [0, 0.1) is 0 Å². The molecule has 0 amide bonds. The van der Waals surface area contributed by atoms with Crippen molar-refractivity contribution in [2.75, 3.05) is 0 Å². The number of carbonyl (C=O) groups is 1. The van der Waals surface area contributed by atoms with Crippen LogP contribution < -0.4 is 0 Å². The van der Waals surface area contributed by atoms with E-state index in [2.05, 4.69) is 0 Å². The second-order valence-corrected chi connectivity index (χ2v) is 2.83. The molecule has 0 atom stereocenters. The minimum absolute atomic E-state index is 0. The van der Waals surface area contributed by atoms with E-state index in [9.17, 15) is 4.79 Å². The molecule has 0 aliphatic heterocycles. The summed E-state index contributed by atoms with van der Waals surface area (Å²) in [7, 11) is 0. The predicted molar refractivity (Wildman–Crippen MR) is 53.4 cm³/mol. The highest BCUT2D eigenvalue weighted by molar-refractivity contribution is 5.88. The van der Waals surface area contributed by atoms with Gasteiger partial charge in [-0.1, -0.05) is 18.2 Å². The molecule has 13 heavy (non-hydrogen) atoms. The summed E-state index contributed by atoms with van der Waals surface area (Å²) in [5, 5.41) is 8.69. The normalized spacial score (nSPS) is 12.0. The maximum atomic E-state index is 10.6. The molecule has 0 aromatic heterocycles. The van der Waals surface area contributed by atoms with Crippen LogP contribution in [0.5, 0.6) is 0 Å². The first-order valence-corrected chi connectivity index (χ1v) is 3.80. The first-order valence-electron chi connectivity index (χ1n) is 3.80. The lowest BCUT2D eigenvalue weighted by Gasteiger charge is -1.99. The Bertz CT molecular complexity index is 369. The van der Waals surface area contributed by atoms with Gasteiger partial charge >= 0.3 is 5.97 Å². The number of fused-ring (bicyclic) bond motifs is 1. The number of carboxylic acid groups (broad SMARTS) is 1. The average Bonchev–Trinajstić information content (AvgIpc) is 2.49. The van der Waals surface area contributed by atoms with Crippen LogP contribution in [-0.4, -0.2) is 11.1 Å². The first-order chi connectivity index (χ1) is 5.77. The smallest absolute Gasteiger partial charge is 0.335 e. The van der Waals surface area contributed by atoms with Gasteiger partial charge in [-0.3, -0.25) is 0 Å². The molecule has 1 aliphatic carbocycles. The molecular formula is C10H9ClO2.